The Morgan fingerprint density at radius 2 is 1.74 bits per heavy atom. The number of aryl methyl sites for hydroxylation is 1. The number of phenolic OH excluding ortho intramolecular Hbond substituents is 1. The van der Waals surface area contributed by atoms with E-state index in [1.807, 2.05) is 33.2 Å². The van der Waals surface area contributed by atoms with E-state index in [-0.39, 0.29) is 0 Å². The quantitative estimate of drug-likeness (QED) is 0.823. The van der Waals surface area contributed by atoms with Gasteiger partial charge in [-0.05, 0) is 48.4 Å². The molecule has 0 unspecified atom stereocenters. The fraction of sp³-hybridized carbons (Fsp3) is 0.250. The van der Waals surface area contributed by atoms with Crippen molar-refractivity contribution in [2.75, 3.05) is 24.3 Å². The van der Waals surface area contributed by atoms with E-state index in [1.54, 1.807) is 6.07 Å². The number of hydrogen-bond acceptors (Lipinski definition) is 3. The van der Waals surface area contributed by atoms with Gasteiger partial charge in [-0.25, -0.2) is 0 Å². The second kappa shape index (κ2) is 5.65. The Morgan fingerprint density at radius 1 is 1.05 bits per heavy atom. The summed E-state index contributed by atoms with van der Waals surface area (Å²) in [6.45, 7) is 2.67. The highest BCUT2D eigenvalue weighted by molar-refractivity contribution is 5.51. The SMILES string of the molecule is Cc1cc(NCc2ccc(N(C)C)cc2)ccc1O. The lowest BCUT2D eigenvalue weighted by molar-refractivity contribution is 0.471. The molecule has 100 valence electrons. The van der Waals surface area contributed by atoms with Crippen LogP contribution in [0.15, 0.2) is 42.5 Å². The number of nitrogens with zero attached hydrogens (tertiary/aromatic N) is 1. The van der Waals surface area contributed by atoms with Crippen LogP contribution in [0.25, 0.3) is 0 Å². The highest BCUT2D eigenvalue weighted by atomic mass is 16.3. The summed E-state index contributed by atoms with van der Waals surface area (Å²) in [5, 5.41) is 12.8. The lowest BCUT2D eigenvalue weighted by Crippen LogP contribution is -2.08. The van der Waals surface area contributed by atoms with Crippen molar-refractivity contribution in [2.24, 2.45) is 0 Å². The molecule has 0 aliphatic heterocycles. The van der Waals surface area contributed by atoms with Gasteiger partial charge in [-0.15, -0.1) is 0 Å². The first-order valence-electron chi connectivity index (χ1n) is 6.36. The molecule has 2 N–H and O–H groups in total. The molecule has 2 aromatic rings. The van der Waals surface area contributed by atoms with Crippen LogP contribution >= 0.6 is 0 Å². The molecule has 0 heterocycles. The first kappa shape index (κ1) is 13.3. The van der Waals surface area contributed by atoms with E-state index in [0.717, 1.165) is 17.8 Å². The van der Waals surface area contributed by atoms with Gasteiger partial charge in [0.2, 0.25) is 0 Å². The van der Waals surface area contributed by atoms with Gasteiger partial charge >= 0.3 is 0 Å². The van der Waals surface area contributed by atoms with Crippen LogP contribution in [-0.4, -0.2) is 19.2 Å². The number of aromatic hydroxyl groups is 1. The molecule has 0 aliphatic rings. The molecule has 0 amide bonds. The Morgan fingerprint density at radius 3 is 2.32 bits per heavy atom. The van der Waals surface area contributed by atoms with E-state index in [1.165, 1.54) is 11.3 Å². The van der Waals surface area contributed by atoms with Gasteiger partial charge in [0, 0.05) is 32.0 Å². The van der Waals surface area contributed by atoms with Gasteiger partial charge in [0.1, 0.15) is 5.75 Å². The third kappa shape index (κ3) is 3.41. The topological polar surface area (TPSA) is 35.5 Å². The summed E-state index contributed by atoms with van der Waals surface area (Å²) in [7, 11) is 4.07. The van der Waals surface area contributed by atoms with Gasteiger partial charge in [0.15, 0.2) is 0 Å². The van der Waals surface area contributed by atoms with Gasteiger partial charge < -0.3 is 15.3 Å². The van der Waals surface area contributed by atoms with Crippen LogP contribution in [0.2, 0.25) is 0 Å². The van der Waals surface area contributed by atoms with Crippen molar-refractivity contribution in [1.82, 2.24) is 0 Å². The monoisotopic (exact) mass is 256 g/mol. The Kier molecular flexibility index (Phi) is 3.95. The molecular formula is C16H20N2O. The average molecular weight is 256 g/mol. The molecule has 2 aromatic carbocycles. The van der Waals surface area contributed by atoms with Crippen molar-refractivity contribution in [1.29, 1.82) is 0 Å². The third-order valence-corrected chi connectivity index (χ3v) is 3.15. The van der Waals surface area contributed by atoms with Crippen LogP contribution < -0.4 is 10.2 Å². The minimum atomic E-state index is 0.334. The predicted molar refractivity (Wildman–Crippen MR) is 80.9 cm³/mol. The fourth-order valence-electron chi connectivity index (χ4n) is 1.88. The maximum atomic E-state index is 9.48. The summed E-state index contributed by atoms with van der Waals surface area (Å²) in [5.41, 5.74) is 4.33. The van der Waals surface area contributed by atoms with Crippen LogP contribution in [0.4, 0.5) is 11.4 Å². The van der Waals surface area contributed by atoms with Crippen LogP contribution in [0.1, 0.15) is 11.1 Å². The van der Waals surface area contributed by atoms with Gasteiger partial charge in [-0.1, -0.05) is 12.1 Å². The highest BCUT2D eigenvalue weighted by Gasteiger charge is 1.99. The van der Waals surface area contributed by atoms with Gasteiger partial charge in [0.25, 0.3) is 0 Å². The number of hydrogen-bond donors (Lipinski definition) is 2. The highest BCUT2D eigenvalue weighted by Crippen LogP contribution is 2.21. The van der Waals surface area contributed by atoms with Gasteiger partial charge in [-0.3, -0.25) is 0 Å². The first-order valence-corrected chi connectivity index (χ1v) is 6.36. The van der Waals surface area contributed by atoms with Gasteiger partial charge in [0.05, 0.1) is 0 Å². The minimum absolute atomic E-state index is 0.334. The molecule has 19 heavy (non-hydrogen) atoms. The molecule has 3 heteroatoms. The summed E-state index contributed by atoms with van der Waals surface area (Å²) in [5.74, 6) is 0.334. The number of benzene rings is 2. The normalized spacial score (nSPS) is 10.3. The molecule has 0 radical (unpaired) electrons. The molecule has 2 rings (SSSR count). The lowest BCUT2D eigenvalue weighted by Gasteiger charge is -2.13. The average Bonchev–Trinajstić information content (AvgIpc) is 2.40. The summed E-state index contributed by atoms with van der Waals surface area (Å²) < 4.78 is 0. The van der Waals surface area contributed by atoms with E-state index in [4.69, 9.17) is 0 Å². The molecule has 0 aromatic heterocycles. The summed E-state index contributed by atoms with van der Waals surface area (Å²) in [4.78, 5) is 2.08. The minimum Gasteiger partial charge on any atom is -0.508 e. The molecule has 0 aliphatic carbocycles. The van der Waals surface area contributed by atoms with E-state index >= 15 is 0 Å². The molecule has 0 saturated heterocycles. The van der Waals surface area contributed by atoms with E-state index < -0.39 is 0 Å². The van der Waals surface area contributed by atoms with Crippen LogP contribution in [0.5, 0.6) is 5.75 Å². The number of anilines is 2. The van der Waals surface area contributed by atoms with Gasteiger partial charge in [-0.2, -0.15) is 0 Å². The maximum absolute atomic E-state index is 9.48. The second-order valence-corrected chi connectivity index (χ2v) is 4.92. The molecule has 3 nitrogen and oxygen atoms in total. The second-order valence-electron chi connectivity index (χ2n) is 4.92. The van der Waals surface area contributed by atoms with E-state index in [2.05, 4.69) is 34.5 Å². The zero-order chi connectivity index (χ0) is 13.8. The van der Waals surface area contributed by atoms with E-state index in [0.29, 0.717) is 5.75 Å². The van der Waals surface area contributed by atoms with Crippen molar-refractivity contribution in [3.05, 3.63) is 53.6 Å². The van der Waals surface area contributed by atoms with Crippen molar-refractivity contribution in [3.63, 3.8) is 0 Å². The maximum Gasteiger partial charge on any atom is 0.118 e. The Balaban J connectivity index is 2.00. The zero-order valence-electron chi connectivity index (χ0n) is 11.6. The molecule has 0 atom stereocenters. The predicted octanol–water partition coefficient (Wildman–Crippen LogP) is 3.38. The molecule has 0 bridgehead atoms. The van der Waals surface area contributed by atoms with Crippen molar-refractivity contribution < 1.29 is 5.11 Å². The largest absolute Gasteiger partial charge is 0.508 e. The van der Waals surface area contributed by atoms with Crippen molar-refractivity contribution in [3.8, 4) is 5.75 Å². The number of phenols is 1. The zero-order valence-corrected chi connectivity index (χ0v) is 11.6. The number of rotatable bonds is 4. The fourth-order valence-corrected chi connectivity index (χ4v) is 1.88. The molecule has 0 fully saturated rings. The molecular weight excluding hydrogens is 236 g/mol. The Labute approximate surface area is 114 Å². The smallest absolute Gasteiger partial charge is 0.118 e. The third-order valence-electron chi connectivity index (χ3n) is 3.15. The van der Waals surface area contributed by atoms with Crippen LogP contribution in [0, 0.1) is 6.92 Å². The first-order chi connectivity index (χ1) is 9.06. The molecule has 0 spiro atoms. The van der Waals surface area contributed by atoms with Crippen LogP contribution in [0.3, 0.4) is 0 Å². The standard InChI is InChI=1S/C16H20N2O/c1-12-10-14(6-9-16(12)19)17-11-13-4-7-15(8-5-13)18(2)3/h4-10,17,19H,11H2,1-3H3. The summed E-state index contributed by atoms with van der Waals surface area (Å²) >= 11 is 0. The van der Waals surface area contributed by atoms with Crippen molar-refractivity contribution in [2.45, 2.75) is 13.5 Å². The van der Waals surface area contributed by atoms with E-state index in [9.17, 15) is 5.11 Å². The van der Waals surface area contributed by atoms with Crippen LogP contribution in [-0.2, 0) is 6.54 Å². The summed E-state index contributed by atoms with van der Waals surface area (Å²) in [6, 6.07) is 14.0. The Bertz CT molecular complexity index is 547. The molecule has 0 saturated carbocycles. The van der Waals surface area contributed by atoms with Crippen molar-refractivity contribution >= 4 is 11.4 Å². The summed E-state index contributed by atoms with van der Waals surface area (Å²) in [6.07, 6.45) is 0. The Hall–Kier alpha value is -2.16. The number of nitrogens with one attached hydrogen (secondary N) is 1. The lowest BCUT2D eigenvalue weighted by atomic mass is 10.1.